The van der Waals surface area contributed by atoms with E-state index in [0.29, 0.717) is 6.61 Å². The molecule has 0 N–H and O–H groups in total. The van der Waals surface area contributed by atoms with E-state index in [1.54, 1.807) is 0 Å². The molecular weight excluding hydrogens is 316 g/mol. The Labute approximate surface area is 151 Å². The predicted molar refractivity (Wildman–Crippen MR) is 97.2 cm³/mol. The summed E-state index contributed by atoms with van der Waals surface area (Å²) in [5.74, 6) is -0.120. The van der Waals surface area contributed by atoms with Crippen molar-refractivity contribution in [2.24, 2.45) is 11.8 Å². The van der Waals surface area contributed by atoms with Crippen molar-refractivity contribution in [1.29, 1.82) is 0 Å². The van der Waals surface area contributed by atoms with E-state index >= 15 is 0 Å². The van der Waals surface area contributed by atoms with Crippen molar-refractivity contribution < 1.29 is 19.0 Å². The number of carbonyl (C=O) groups is 1. The molecule has 0 radical (unpaired) electrons. The molecule has 0 aromatic rings. The summed E-state index contributed by atoms with van der Waals surface area (Å²) in [5, 5.41) is 0. The van der Waals surface area contributed by atoms with Crippen molar-refractivity contribution in [3.05, 3.63) is 23.3 Å². The molecule has 3 aliphatic rings. The van der Waals surface area contributed by atoms with Crippen molar-refractivity contribution in [1.82, 2.24) is 0 Å². The van der Waals surface area contributed by atoms with Crippen LogP contribution < -0.4 is 0 Å². The second kappa shape index (κ2) is 7.63. The summed E-state index contributed by atoms with van der Waals surface area (Å²) >= 11 is 0. The van der Waals surface area contributed by atoms with E-state index in [2.05, 4.69) is 32.9 Å². The first-order chi connectivity index (χ1) is 11.9. The Morgan fingerprint density at radius 3 is 2.76 bits per heavy atom. The van der Waals surface area contributed by atoms with Gasteiger partial charge in [-0.2, -0.15) is 0 Å². The highest BCUT2D eigenvalue weighted by Gasteiger charge is 2.55. The van der Waals surface area contributed by atoms with Crippen LogP contribution in [0, 0.1) is 11.8 Å². The summed E-state index contributed by atoms with van der Waals surface area (Å²) < 4.78 is 17.1. The van der Waals surface area contributed by atoms with Gasteiger partial charge in [-0.05, 0) is 59.3 Å². The van der Waals surface area contributed by atoms with Crippen molar-refractivity contribution in [3.63, 3.8) is 0 Å². The van der Waals surface area contributed by atoms with Crippen LogP contribution in [0.25, 0.3) is 0 Å². The van der Waals surface area contributed by atoms with Crippen LogP contribution in [0.4, 0.5) is 0 Å². The van der Waals surface area contributed by atoms with E-state index in [-0.39, 0.29) is 35.6 Å². The predicted octanol–water partition coefficient (Wildman–Crippen LogP) is 4.19. The third-order valence-electron chi connectivity index (χ3n) is 6.20. The molecule has 4 nitrogen and oxygen atoms in total. The molecule has 0 saturated carbocycles. The number of esters is 1. The number of hydrogen-bond donors (Lipinski definition) is 0. The summed E-state index contributed by atoms with van der Waals surface area (Å²) in [7, 11) is 1.47. The molecule has 3 rings (SSSR count). The highest BCUT2D eigenvalue weighted by Crippen LogP contribution is 2.47. The number of fused-ring (bicyclic) bond motifs is 2. The molecule has 5 atom stereocenters. The van der Waals surface area contributed by atoms with Crippen molar-refractivity contribution in [3.8, 4) is 0 Å². The maximum Gasteiger partial charge on any atom is 0.311 e. The van der Waals surface area contributed by atoms with E-state index in [9.17, 15) is 4.79 Å². The van der Waals surface area contributed by atoms with Gasteiger partial charge < -0.3 is 14.2 Å². The van der Waals surface area contributed by atoms with Gasteiger partial charge in [0.2, 0.25) is 0 Å². The molecular formula is C21H32O4. The van der Waals surface area contributed by atoms with Gasteiger partial charge in [-0.15, -0.1) is 0 Å². The lowest BCUT2D eigenvalue weighted by Crippen LogP contribution is -2.29. The minimum Gasteiger partial charge on any atom is -0.469 e. The van der Waals surface area contributed by atoms with Crippen LogP contribution in [-0.4, -0.2) is 37.5 Å². The zero-order chi connectivity index (χ0) is 18.0. The van der Waals surface area contributed by atoms with Crippen molar-refractivity contribution in [2.45, 2.75) is 77.1 Å². The van der Waals surface area contributed by atoms with Gasteiger partial charge in [0.1, 0.15) is 0 Å². The van der Waals surface area contributed by atoms with Gasteiger partial charge in [0.25, 0.3) is 0 Å². The molecule has 2 saturated heterocycles. The highest BCUT2D eigenvalue weighted by atomic mass is 16.6. The third kappa shape index (κ3) is 4.35. The quantitative estimate of drug-likeness (QED) is 0.405. The zero-order valence-corrected chi connectivity index (χ0v) is 16.0. The minimum atomic E-state index is -0.161. The molecule has 4 heteroatoms. The summed E-state index contributed by atoms with van der Waals surface area (Å²) in [5.41, 5.74) is 2.77. The number of allylic oxidation sites excluding steroid dienone is 3. The highest BCUT2D eigenvalue weighted by molar-refractivity contribution is 5.73. The van der Waals surface area contributed by atoms with Crippen LogP contribution in [0.1, 0.15) is 59.3 Å². The topological polar surface area (TPSA) is 48.1 Å². The molecule has 0 spiro atoms. The Morgan fingerprint density at radius 1 is 1.24 bits per heavy atom. The van der Waals surface area contributed by atoms with Gasteiger partial charge in [-0.3, -0.25) is 4.79 Å². The van der Waals surface area contributed by atoms with Gasteiger partial charge in [-0.25, -0.2) is 0 Å². The summed E-state index contributed by atoms with van der Waals surface area (Å²) in [6.07, 6.45) is 11.1. The smallest absolute Gasteiger partial charge is 0.311 e. The lowest BCUT2D eigenvalue weighted by atomic mass is 9.82. The molecule has 2 fully saturated rings. The fraction of sp³-hybridized carbons (Fsp3) is 0.762. The first-order valence-electron chi connectivity index (χ1n) is 9.61. The molecule has 0 aromatic heterocycles. The Morgan fingerprint density at radius 2 is 2.00 bits per heavy atom. The van der Waals surface area contributed by atoms with Crippen LogP contribution in [0.15, 0.2) is 23.3 Å². The van der Waals surface area contributed by atoms with Crippen LogP contribution in [0.5, 0.6) is 0 Å². The Bertz CT molecular complexity index is 564. The first-order valence-corrected chi connectivity index (χ1v) is 9.61. The number of epoxide rings is 1. The van der Waals surface area contributed by atoms with Crippen molar-refractivity contribution >= 4 is 5.97 Å². The Hall–Kier alpha value is -1.13. The summed E-state index contributed by atoms with van der Waals surface area (Å²) in [6, 6.07) is 0. The second-order valence-electron chi connectivity index (χ2n) is 8.20. The van der Waals surface area contributed by atoms with Gasteiger partial charge >= 0.3 is 5.97 Å². The van der Waals surface area contributed by atoms with Crippen molar-refractivity contribution in [2.75, 3.05) is 13.7 Å². The molecule has 25 heavy (non-hydrogen) atoms. The van der Waals surface area contributed by atoms with Gasteiger partial charge in [0, 0.05) is 5.92 Å². The number of ether oxygens (including phenoxy) is 3. The zero-order valence-electron chi connectivity index (χ0n) is 16.0. The summed E-state index contributed by atoms with van der Waals surface area (Å²) in [6.45, 7) is 7.07. The third-order valence-corrected chi connectivity index (χ3v) is 6.20. The fourth-order valence-electron chi connectivity index (χ4n) is 4.36. The molecule has 2 aliphatic heterocycles. The minimum absolute atomic E-state index is 0.0421. The van der Waals surface area contributed by atoms with Gasteiger partial charge in [0.05, 0.1) is 37.4 Å². The van der Waals surface area contributed by atoms with E-state index in [4.69, 9.17) is 14.2 Å². The first kappa shape index (κ1) is 18.7. The second-order valence-corrected chi connectivity index (χ2v) is 8.20. The fourth-order valence-corrected chi connectivity index (χ4v) is 4.36. The largest absolute Gasteiger partial charge is 0.469 e. The molecule has 0 bridgehead atoms. The number of methoxy groups -OCH3 is 1. The Kier molecular flexibility index (Phi) is 5.69. The number of rotatable bonds is 1. The van der Waals surface area contributed by atoms with Crippen LogP contribution in [-0.2, 0) is 19.0 Å². The lowest BCUT2D eigenvalue weighted by molar-refractivity contribution is -0.146. The summed E-state index contributed by atoms with van der Waals surface area (Å²) in [4.78, 5) is 12.2. The molecule has 0 unspecified atom stereocenters. The van der Waals surface area contributed by atoms with E-state index < -0.39 is 0 Å². The lowest BCUT2D eigenvalue weighted by Gasteiger charge is -2.22. The van der Waals surface area contributed by atoms with E-state index in [0.717, 1.165) is 38.5 Å². The molecule has 140 valence electrons. The normalized spacial score (nSPS) is 43.5. The van der Waals surface area contributed by atoms with Gasteiger partial charge in [-0.1, -0.05) is 23.3 Å². The van der Waals surface area contributed by atoms with E-state index in [1.165, 1.54) is 18.3 Å². The maximum absolute atomic E-state index is 12.2. The standard InChI is InChI=1S/C21H32O4/c1-14-7-5-8-15(2)11-18-16(17(13-24-18)20(22)23-4)12-19-21(3,25-19)10-6-9-14/h8-9,16-19H,5-7,10-13H2,1-4H3/b14-9+,15-8+/t16-,17-,18-,19+,21+/m0/s1. The van der Waals surface area contributed by atoms with Crippen LogP contribution in [0.3, 0.4) is 0 Å². The Balaban J connectivity index is 1.78. The van der Waals surface area contributed by atoms with Crippen LogP contribution in [0.2, 0.25) is 0 Å². The van der Waals surface area contributed by atoms with Gasteiger partial charge in [0.15, 0.2) is 0 Å². The number of hydrogen-bond acceptors (Lipinski definition) is 4. The average Bonchev–Trinajstić information content (AvgIpc) is 3.03. The molecule has 2 heterocycles. The monoisotopic (exact) mass is 348 g/mol. The molecule has 0 aromatic carbocycles. The maximum atomic E-state index is 12.2. The van der Waals surface area contributed by atoms with E-state index in [1.807, 2.05) is 0 Å². The SMILES string of the molecule is COC(=O)[C@H]1CO[C@H]2C/C(C)=C/CC/C(C)=C/CC[C@@]3(C)O[C@@H]3C[C@H]21. The molecule has 0 amide bonds. The number of carbonyl (C=O) groups excluding carboxylic acids is 1. The van der Waals surface area contributed by atoms with Crippen LogP contribution >= 0.6 is 0 Å². The average molecular weight is 348 g/mol. The molecule has 1 aliphatic carbocycles.